The predicted octanol–water partition coefficient (Wildman–Crippen LogP) is 2.45. The fourth-order valence-corrected chi connectivity index (χ4v) is 2.22. The number of ether oxygens (including phenoxy) is 1. The number of thiol groups is 2. The molecule has 0 aliphatic rings. The van der Waals surface area contributed by atoms with E-state index in [9.17, 15) is 9.59 Å². The summed E-state index contributed by atoms with van der Waals surface area (Å²) >= 11 is 9.35. The van der Waals surface area contributed by atoms with E-state index in [1.807, 2.05) is 6.92 Å². The largest absolute Gasteiger partial charge is 0.459 e. The van der Waals surface area contributed by atoms with E-state index in [2.05, 4.69) is 35.6 Å². The molecule has 0 bridgehead atoms. The lowest BCUT2D eigenvalue weighted by Gasteiger charge is -2.11. The predicted molar refractivity (Wildman–Crippen MR) is 86.6 cm³/mol. The van der Waals surface area contributed by atoms with Crippen LogP contribution in [0.2, 0.25) is 0 Å². The average Bonchev–Trinajstić information content (AvgIpc) is 2.70. The monoisotopic (exact) mass is 332 g/mol. The maximum Gasteiger partial charge on any atom is 0.343 e. The van der Waals surface area contributed by atoms with Gasteiger partial charge in [-0.25, -0.2) is 9.78 Å². The molecule has 0 aromatic carbocycles. The van der Waals surface area contributed by atoms with Crippen molar-refractivity contribution in [3.8, 4) is 0 Å². The summed E-state index contributed by atoms with van der Waals surface area (Å²) in [4.78, 5) is 28.1. The van der Waals surface area contributed by atoms with E-state index in [1.165, 1.54) is 17.4 Å². The molecule has 0 spiro atoms. The highest BCUT2D eigenvalue weighted by Crippen LogP contribution is 2.17. The number of rotatable bonds is 5. The van der Waals surface area contributed by atoms with Crippen LogP contribution in [0.3, 0.4) is 0 Å². The smallest absolute Gasteiger partial charge is 0.343 e. The molecule has 1 rings (SSSR count). The average molecular weight is 332 g/mol. The fraction of sp³-hybridized carbons (Fsp3) is 0.417. The van der Waals surface area contributed by atoms with Gasteiger partial charge in [0.1, 0.15) is 5.57 Å². The van der Waals surface area contributed by atoms with Crippen molar-refractivity contribution in [1.82, 2.24) is 4.98 Å². The van der Waals surface area contributed by atoms with Gasteiger partial charge in [0.15, 0.2) is 5.13 Å². The molecule has 0 saturated heterocycles. The van der Waals surface area contributed by atoms with Crippen LogP contribution in [-0.4, -0.2) is 27.5 Å². The topological polar surface area (TPSA) is 68.3 Å². The second-order valence-corrected chi connectivity index (χ2v) is 6.57. The second kappa shape index (κ2) is 7.70. The van der Waals surface area contributed by atoms with Crippen molar-refractivity contribution in [2.45, 2.75) is 31.5 Å². The van der Waals surface area contributed by atoms with Crippen molar-refractivity contribution in [2.75, 3.05) is 5.32 Å². The SMILES string of the molecule is Cc1csc(NC(=O)/C(=C\C(S)S)C(=O)OC(C)C)n1. The molecule has 0 saturated carbocycles. The number of carbonyl (C=O) groups excluding carboxylic acids is 2. The maximum atomic E-state index is 12.1. The third kappa shape index (κ3) is 5.56. The van der Waals surface area contributed by atoms with Crippen LogP contribution in [0.15, 0.2) is 17.0 Å². The highest BCUT2D eigenvalue weighted by atomic mass is 32.2. The van der Waals surface area contributed by atoms with Crippen molar-refractivity contribution >= 4 is 53.6 Å². The van der Waals surface area contributed by atoms with Gasteiger partial charge in [-0.2, -0.15) is 25.3 Å². The van der Waals surface area contributed by atoms with Crippen LogP contribution in [0.4, 0.5) is 5.13 Å². The number of nitrogens with one attached hydrogen (secondary N) is 1. The number of hydrogen-bond donors (Lipinski definition) is 3. The third-order valence-corrected chi connectivity index (χ3v) is 3.14. The van der Waals surface area contributed by atoms with Gasteiger partial charge in [-0.3, -0.25) is 10.1 Å². The molecule has 1 heterocycles. The Morgan fingerprint density at radius 2 is 2.10 bits per heavy atom. The van der Waals surface area contributed by atoms with Crippen LogP contribution in [0.1, 0.15) is 19.5 Å². The van der Waals surface area contributed by atoms with Crippen molar-refractivity contribution in [2.24, 2.45) is 0 Å². The Balaban J connectivity index is 2.88. The molecule has 0 unspecified atom stereocenters. The second-order valence-electron chi connectivity index (χ2n) is 4.20. The first-order valence-electron chi connectivity index (χ1n) is 5.82. The third-order valence-electron chi connectivity index (χ3n) is 1.96. The molecular weight excluding hydrogens is 316 g/mol. The molecule has 0 atom stereocenters. The number of nitrogens with zero attached hydrogens (tertiary/aromatic N) is 1. The van der Waals surface area contributed by atoms with Crippen LogP contribution in [0.5, 0.6) is 0 Å². The van der Waals surface area contributed by atoms with Crippen LogP contribution < -0.4 is 5.32 Å². The minimum absolute atomic E-state index is 0.137. The van der Waals surface area contributed by atoms with E-state index in [0.717, 1.165) is 5.69 Å². The molecule has 110 valence electrons. The summed E-state index contributed by atoms with van der Waals surface area (Å²) in [7, 11) is 0. The fourth-order valence-electron chi connectivity index (χ4n) is 1.24. The van der Waals surface area contributed by atoms with Gasteiger partial charge < -0.3 is 4.74 Å². The van der Waals surface area contributed by atoms with E-state index < -0.39 is 16.5 Å². The molecule has 1 aromatic heterocycles. The van der Waals surface area contributed by atoms with E-state index in [1.54, 1.807) is 19.2 Å². The van der Waals surface area contributed by atoms with E-state index in [0.29, 0.717) is 5.13 Å². The first kappa shape index (κ1) is 17.1. The number of aromatic nitrogens is 1. The molecule has 0 fully saturated rings. The number of anilines is 1. The van der Waals surface area contributed by atoms with Gasteiger partial charge in [0, 0.05) is 5.38 Å². The minimum Gasteiger partial charge on any atom is -0.459 e. The Morgan fingerprint density at radius 1 is 1.45 bits per heavy atom. The summed E-state index contributed by atoms with van der Waals surface area (Å²) in [6.07, 6.45) is 1.01. The lowest BCUT2D eigenvalue weighted by atomic mass is 10.2. The highest BCUT2D eigenvalue weighted by Gasteiger charge is 2.22. The molecule has 5 nitrogen and oxygen atoms in total. The first-order valence-corrected chi connectivity index (χ1v) is 7.73. The van der Waals surface area contributed by atoms with Gasteiger partial charge in [-0.15, -0.1) is 11.3 Å². The zero-order chi connectivity index (χ0) is 15.3. The number of hydrogen-bond acceptors (Lipinski definition) is 7. The van der Waals surface area contributed by atoms with Crippen molar-refractivity contribution in [3.63, 3.8) is 0 Å². The Labute approximate surface area is 132 Å². The quantitative estimate of drug-likeness (QED) is 0.193. The summed E-state index contributed by atoms with van der Waals surface area (Å²) in [5.41, 5.74) is 0.656. The van der Waals surface area contributed by atoms with Gasteiger partial charge in [-0.1, -0.05) is 0 Å². The summed E-state index contributed by atoms with van der Waals surface area (Å²) in [5.74, 6) is -1.29. The van der Waals surface area contributed by atoms with Crippen LogP contribution in [0.25, 0.3) is 0 Å². The Kier molecular flexibility index (Phi) is 6.57. The van der Waals surface area contributed by atoms with Crippen LogP contribution in [0, 0.1) is 6.92 Å². The van der Waals surface area contributed by atoms with Gasteiger partial charge in [-0.05, 0) is 26.8 Å². The summed E-state index contributed by atoms with van der Waals surface area (Å²) in [5, 5.41) is 4.77. The molecule has 8 heteroatoms. The Hall–Kier alpha value is -0.990. The van der Waals surface area contributed by atoms with Crippen molar-refractivity contribution in [1.29, 1.82) is 0 Å². The maximum absolute atomic E-state index is 12.1. The number of thiazole rings is 1. The van der Waals surface area contributed by atoms with Gasteiger partial charge in [0.25, 0.3) is 5.91 Å². The lowest BCUT2D eigenvalue weighted by molar-refractivity contribution is -0.143. The van der Waals surface area contributed by atoms with E-state index in [-0.39, 0.29) is 11.7 Å². The molecule has 1 aromatic rings. The number of aryl methyl sites for hydroxylation is 1. The number of amides is 1. The molecule has 0 aliphatic heterocycles. The molecule has 20 heavy (non-hydrogen) atoms. The lowest BCUT2D eigenvalue weighted by Crippen LogP contribution is -2.24. The standard InChI is InChI=1S/C12H16N2O3S3/c1-6(2)17-11(16)8(4-9(18)19)10(15)14-12-13-7(3)5-20-12/h4-6,9,18-19H,1-3H3,(H,13,14,15)/b8-4+. The number of esters is 1. The summed E-state index contributed by atoms with van der Waals surface area (Å²) in [6.45, 7) is 5.22. The van der Waals surface area contributed by atoms with Gasteiger partial charge >= 0.3 is 5.97 Å². The Bertz CT molecular complexity index is 524. The zero-order valence-corrected chi connectivity index (χ0v) is 13.9. The van der Waals surface area contributed by atoms with Gasteiger partial charge in [0.2, 0.25) is 0 Å². The molecule has 1 amide bonds. The highest BCUT2D eigenvalue weighted by molar-refractivity contribution is 7.99. The molecular formula is C12H16N2O3S3. The van der Waals surface area contributed by atoms with Crippen molar-refractivity contribution in [3.05, 3.63) is 22.7 Å². The summed E-state index contributed by atoms with van der Waals surface area (Å²) < 4.78 is 4.48. The van der Waals surface area contributed by atoms with Crippen LogP contribution in [-0.2, 0) is 14.3 Å². The van der Waals surface area contributed by atoms with Crippen molar-refractivity contribution < 1.29 is 14.3 Å². The number of carbonyl (C=O) groups is 2. The van der Waals surface area contributed by atoms with Crippen LogP contribution >= 0.6 is 36.6 Å². The minimum atomic E-state index is -0.709. The zero-order valence-electron chi connectivity index (χ0n) is 11.3. The molecule has 0 radical (unpaired) electrons. The first-order chi connectivity index (χ1) is 9.29. The Morgan fingerprint density at radius 3 is 2.55 bits per heavy atom. The summed E-state index contributed by atoms with van der Waals surface area (Å²) in [6, 6.07) is 0. The molecule has 0 aliphatic carbocycles. The van der Waals surface area contributed by atoms with E-state index in [4.69, 9.17) is 4.74 Å². The van der Waals surface area contributed by atoms with E-state index >= 15 is 0 Å². The normalized spacial score (nSPS) is 11.8. The van der Waals surface area contributed by atoms with Gasteiger partial charge in [0.05, 0.1) is 16.4 Å². The molecule has 1 N–H and O–H groups in total.